The fraction of sp³-hybridized carbons (Fsp3) is 0.478. The lowest BCUT2D eigenvalue weighted by Gasteiger charge is -2.23. The van der Waals surface area contributed by atoms with Gasteiger partial charge in [-0.05, 0) is 57.7 Å². The zero-order valence-corrected chi connectivity index (χ0v) is 16.9. The van der Waals surface area contributed by atoms with E-state index in [1.54, 1.807) is 14.2 Å². The van der Waals surface area contributed by atoms with E-state index in [4.69, 9.17) is 9.47 Å². The van der Waals surface area contributed by atoms with Crippen molar-refractivity contribution in [3.8, 4) is 22.6 Å². The molecule has 0 saturated heterocycles. The van der Waals surface area contributed by atoms with Crippen LogP contribution in [0.5, 0.6) is 11.5 Å². The van der Waals surface area contributed by atoms with E-state index in [1.807, 2.05) is 6.07 Å². The Labute approximate surface area is 153 Å². The summed E-state index contributed by atoms with van der Waals surface area (Å²) in [6, 6.07) is 11.0. The average Bonchev–Trinajstić information content (AvgIpc) is 2.59. The van der Waals surface area contributed by atoms with Crippen LogP contribution < -0.4 is 9.47 Å². The Morgan fingerprint density at radius 2 is 1.16 bits per heavy atom. The molecule has 0 N–H and O–H groups in total. The highest BCUT2D eigenvalue weighted by molar-refractivity contribution is 5.75. The fourth-order valence-electron chi connectivity index (χ4n) is 3.28. The molecule has 2 heteroatoms. The molecule has 2 aromatic rings. The minimum atomic E-state index is 0.458. The van der Waals surface area contributed by atoms with Crippen molar-refractivity contribution in [2.75, 3.05) is 14.2 Å². The number of benzene rings is 2. The van der Waals surface area contributed by atoms with Gasteiger partial charge in [0.2, 0.25) is 0 Å². The first kappa shape index (κ1) is 19.4. The average molecular weight is 341 g/mol. The van der Waals surface area contributed by atoms with Crippen molar-refractivity contribution in [2.45, 2.75) is 59.3 Å². The van der Waals surface area contributed by atoms with Crippen molar-refractivity contribution in [1.82, 2.24) is 0 Å². The second-order valence-corrected chi connectivity index (χ2v) is 7.61. The maximum absolute atomic E-state index is 5.54. The molecule has 0 saturated carbocycles. The van der Waals surface area contributed by atoms with Gasteiger partial charge < -0.3 is 9.47 Å². The van der Waals surface area contributed by atoms with Crippen LogP contribution >= 0.6 is 0 Å². The van der Waals surface area contributed by atoms with Gasteiger partial charge in [0.05, 0.1) is 14.2 Å². The van der Waals surface area contributed by atoms with Gasteiger partial charge in [-0.25, -0.2) is 0 Å². The van der Waals surface area contributed by atoms with Gasteiger partial charge in [0.25, 0.3) is 0 Å². The normalized spacial score (nSPS) is 11.5. The zero-order valence-electron chi connectivity index (χ0n) is 16.9. The predicted octanol–water partition coefficient (Wildman–Crippen LogP) is 6.74. The topological polar surface area (TPSA) is 18.5 Å². The number of hydrogen-bond donors (Lipinski definition) is 0. The lowest BCUT2D eigenvalue weighted by atomic mass is 9.82. The number of methoxy groups -OCH3 is 2. The van der Waals surface area contributed by atoms with E-state index >= 15 is 0 Å². The molecule has 0 amide bonds. The molecule has 0 atom stereocenters. The van der Waals surface area contributed by atoms with Crippen LogP contribution in [0.25, 0.3) is 11.1 Å². The summed E-state index contributed by atoms with van der Waals surface area (Å²) in [6.45, 7) is 13.6. The first-order valence-electron chi connectivity index (χ1n) is 9.20. The number of hydrogen-bond acceptors (Lipinski definition) is 2. The highest BCUT2D eigenvalue weighted by Gasteiger charge is 2.19. The molecule has 0 heterocycles. The van der Waals surface area contributed by atoms with Crippen LogP contribution in [0.3, 0.4) is 0 Å². The third kappa shape index (κ3) is 4.00. The van der Waals surface area contributed by atoms with Crippen molar-refractivity contribution in [1.29, 1.82) is 0 Å². The van der Waals surface area contributed by atoms with Gasteiger partial charge in [0.1, 0.15) is 0 Å². The Bertz CT molecular complexity index is 698. The first-order valence-corrected chi connectivity index (χ1v) is 9.20. The minimum Gasteiger partial charge on any atom is -0.493 e. The van der Waals surface area contributed by atoms with Gasteiger partial charge in [-0.15, -0.1) is 0 Å². The van der Waals surface area contributed by atoms with Crippen molar-refractivity contribution in [2.24, 2.45) is 0 Å². The van der Waals surface area contributed by atoms with E-state index in [9.17, 15) is 0 Å². The predicted molar refractivity (Wildman–Crippen MR) is 107 cm³/mol. The Morgan fingerprint density at radius 3 is 1.56 bits per heavy atom. The summed E-state index contributed by atoms with van der Waals surface area (Å²) < 4.78 is 10.9. The van der Waals surface area contributed by atoms with Crippen LogP contribution in [0.4, 0.5) is 0 Å². The highest BCUT2D eigenvalue weighted by atomic mass is 16.5. The molecule has 136 valence electrons. The SMILES string of the molecule is COc1ccc(-c2c(C(C)C)cc(C(C)C)cc2C(C)C)cc1OC. The molecule has 0 aliphatic rings. The zero-order chi connectivity index (χ0) is 18.7. The quantitative estimate of drug-likeness (QED) is 0.579. The summed E-state index contributed by atoms with van der Waals surface area (Å²) >= 11 is 0. The van der Waals surface area contributed by atoms with E-state index in [2.05, 4.69) is 65.8 Å². The molecular weight excluding hydrogens is 308 g/mol. The minimum absolute atomic E-state index is 0.458. The molecule has 0 bridgehead atoms. The van der Waals surface area contributed by atoms with Crippen LogP contribution in [0.15, 0.2) is 30.3 Å². The van der Waals surface area contributed by atoms with Gasteiger partial charge in [-0.1, -0.05) is 59.7 Å². The maximum Gasteiger partial charge on any atom is 0.161 e. The van der Waals surface area contributed by atoms with Gasteiger partial charge in [-0.3, -0.25) is 0 Å². The second kappa shape index (κ2) is 7.95. The summed E-state index contributed by atoms with van der Waals surface area (Å²) in [6.07, 6.45) is 0. The molecule has 0 spiro atoms. The third-order valence-electron chi connectivity index (χ3n) is 4.80. The van der Waals surface area contributed by atoms with E-state index in [0.717, 1.165) is 11.5 Å². The number of rotatable bonds is 6. The lowest BCUT2D eigenvalue weighted by Crippen LogP contribution is -2.04. The third-order valence-corrected chi connectivity index (χ3v) is 4.80. The molecule has 0 aromatic heterocycles. The van der Waals surface area contributed by atoms with E-state index < -0.39 is 0 Å². The molecule has 0 fully saturated rings. The van der Waals surface area contributed by atoms with Crippen LogP contribution in [0.2, 0.25) is 0 Å². The van der Waals surface area contributed by atoms with Crippen LogP contribution in [-0.2, 0) is 0 Å². The van der Waals surface area contributed by atoms with Crippen LogP contribution in [0, 0.1) is 0 Å². The van der Waals surface area contributed by atoms with Crippen molar-refractivity contribution >= 4 is 0 Å². The Hall–Kier alpha value is -1.96. The Balaban J connectivity index is 2.78. The van der Waals surface area contributed by atoms with Gasteiger partial charge in [0.15, 0.2) is 11.5 Å². The molecular formula is C23H32O2. The van der Waals surface area contributed by atoms with Crippen LogP contribution in [0.1, 0.15) is 76.0 Å². The molecule has 2 rings (SSSR count). The molecule has 25 heavy (non-hydrogen) atoms. The van der Waals surface area contributed by atoms with Crippen molar-refractivity contribution in [3.63, 3.8) is 0 Å². The molecule has 0 aliphatic carbocycles. The summed E-state index contributed by atoms with van der Waals surface area (Å²) in [4.78, 5) is 0. The van der Waals surface area contributed by atoms with Gasteiger partial charge in [0, 0.05) is 0 Å². The molecule has 0 radical (unpaired) electrons. The van der Waals surface area contributed by atoms with E-state index in [-0.39, 0.29) is 0 Å². The Kier molecular flexibility index (Phi) is 6.16. The monoisotopic (exact) mass is 340 g/mol. The van der Waals surface area contributed by atoms with Gasteiger partial charge >= 0.3 is 0 Å². The molecule has 2 aromatic carbocycles. The summed E-state index contributed by atoms with van der Waals surface area (Å²) in [5.41, 5.74) is 6.76. The smallest absolute Gasteiger partial charge is 0.161 e. The van der Waals surface area contributed by atoms with Crippen molar-refractivity contribution < 1.29 is 9.47 Å². The molecule has 2 nitrogen and oxygen atoms in total. The Morgan fingerprint density at radius 1 is 0.640 bits per heavy atom. The maximum atomic E-state index is 5.54. The summed E-state index contributed by atoms with van der Waals surface area (Å²) in [5.74, 6) is 2.98. The fourth-order valence-corrected chi connectivity index (χ4v) is 3.28. The standard InChI is InChI=1S/C23H32O2/c1-14(2)18-11-19(15(3)4)23(20(12-18)16(5)6)17-9-10-21(24-7)22(13-17)25-8/h9-16H,1-8H3. The van der Waals surface area contributed by atoms with E-state index in [1.165, 1.54) is 27.8 Å². The van der Waals surface area contributed by atoms with Crippen molar-refractivity contribution in [3.05, 3.63) is 47.0 Å². The lowest BCUT2D eigenvalue weighted by molar-refractivity contribution is 0.355. The van der Waals surface area contributed by atoms with Crippen LogP contribution in [-0.4, -0.2) is 14.2 Å². The largest absolute Gasteiger partial charge is 0.493 e. The van der Waals surface area contributed by atoms with Gasteiger partial charge in [-0.2, -0.15) is 0 Å². The molecule has 0 aliphatic heterocycles. The molecule has 0 unspecified atom stereocenters. The second-order valence-electron chi connectivity index (χ2n) is 7.61. The first-order chi connectivity index (χ1) is 11.8. The van der Waals surface area contributed by atoms with E-state index in [0.29, 0.717) is 17.8 Å². The number of ether oxygens (including phenoxy) is 2. The summed E-state index contributed by atoms with van der Waals surface area (Å²) in [5, 5.41) is 0. The summed E-state index contributed by atoms with van der Waals surface area (Å²) in [7, 11) is 3.37. The highest BCUT2D eigenvalue weighted by Crippen LogP contribution is 2.41.